The maximum Gasteiger partial charge on any atom is 0.312 e. The Kier molecular flexibility index (Phi) is 7.39. The molecule has 1 aromatic heterocycles. The van der Waals surface area contributed by atoms with E-state index in [9.17, 15) is 19.3 Å². The van der Waals surface area contributed by atoms with Crippen molar-refractivity contribution in [2.75, 3.05) is 0 Å². The lowest BCUT2D eigenvalue weighted by Crippen LogP contribution is -2.28. The van der Waals surface area contributed by atoms with E-state index in [2.05, 4.69) is 15.6 Å². The summed E-state index contributed by atoms with van der Waals surface area (Å²) in [6.45, 7) is 4.61. The molecule has 3 aromatic rings. The number of nitrogens with zero attached hydrogens (tertiary/aromatic N) is 4. The number of carbonyl (C=O) groups is 1. The predicted molar refractivity (Wildman–Crippen MR) is 121 cm³/mol. The number of nitro groups is 1. The van der Waals surface area contributed by atoms with Gasteiger partial charge in [0.25, 0.3) is 5.91 Å². The Morgan fingerprint density at radius 2 is 2.03 bits per heavy atom. The van der Waals surface area contributed by atoms with Crippen molar-refractivity contribution >= 4 is 29.4 Å². The number of hydrazone groups is 1. The third-order valence-electron chi connectivity index (χ3n) is 4.93. The number of halogens is 2. The van der Waals surface area contributed by atoms with Gasteiger partial charge in [-0.1, -0.05) is 17.7 Å². The number of aromatic nitrogens is 2. The van der Waals surface area contributed by atoms with Gasteiger partial charge in [-0.25, -0.2) is 9.82 Å². The molecule has 1 N–H and O–H groups in total. The Balaban J connectivity index is 1.57. The first-order valence-electron chi connectivity index (χ1n) is 9.87. The zero-order chi connectivity index (χ0) is 24.1. The quantitative estimate of drug-likeness (QED) is 0.294. The smallest absolute Gasteiger partial charge is 0.312 e. The van der Waals surface area contributed by atoms with Crippen LogP contribution in [-0.4, -0.2) is 26.8 Å². The van der Waals surface area contributed by atoms with Crippen molar-refractivity contribution in [3.63, 3.8) is 0 Å². The van der Waals surface area contributed by atoms with E-state index >= 15 is 0 Å². The Labute approximate surface area is 194 Å². The van der Waals surface area contributed by atoms with E-state index in [0.29, 0.717) is 16.3 Å². The van der Waals surface area contributed by atoms with Crippen molar-refractivity contribution in [1.29, 1.82) is 0 Å². The lowest BCUT2D eigenvalue weighted by molar-refractivity contribution is -0.386. The van der Waals surface area contributed by atoms with Crippen LogP contribution in [-0.2, 0) is 11.4 Å². The Morgan fingerprint density at radius 3 is 2.64 bits per heavy atom. The molecule has 9 nitrogen and oxygen atoms in total. The Bertz CT molecular complexity index is 1190. The van der Waals surface area contributed by atoms with Crippen molar-refractivity contribution in [2.24, 2.45) is 5.10 Å². The molecular weight excluding hydrogens is 453 g/mol. The normalized spacial score (nSPS) is 12.0. The van der Waals surface area contributed by atoms with Crippen LogP contribution >= 0.6 is 11.6 Å². The summed E-state index contributed by atoms with van der Waals surface area (Å²) in [6, 6.07) is 10.4. The van der Waals surface area contributed by atoms with Gasteiger partial charge in [0, 0.05) is 5.56 Å². The summed E-state index contributed by atoms with van der Waals surface area (Å²) < 4.78 is 20.7. The lowest BCUT2D eigenvalue weighted by atomic mass is 10.2. The summed E-state index contributed by atoms with van der Waals surface area (Å²) in [6.07, 6.45) is 1.44. The minimum atomic E-state index is -0.796. The number of rotatable bonds is 8. The predicted octanol–water partition coefficient (Wildman–Crippen LogP) is 4.49. The highest BCUT2D eigenvalue weighted by Gasteiger charge is 2.26. The Morgan fingerprint density at radius 1 is 1.33 bits per heavy atom. The molecule has 11 heteroatoms. The zero-order valence-electron chi connectivity index (χ0n) is 18.1. The van der Waals surface area contributed by atoms with Gasteiger partial charge in [-0.3, -0.25) is 19.6 Å². The van der Waals surface area contributed by atoms with E-state index in [-0.39, 0.29) is 29.2 Å². The molecule has 0 fully saturated rings. The van der Waals surface area contributed by atoms with Gasteiger partial charge in [-0.05, 0) is 62.7 Å². The first-order valence-corrected chi connectivity index (χ1v) is 10.3. The highest BCUT2D eigenvalue weighted by atomic mass is 35.5. The van der Waals surface area contributed by atoms with Crippen molar-refractivity contribution in [2.45, 2.75) is 33.4 Å². The van der Waals surface area contributed by atoms with Crippen LogP contribution in [0.25, 0.3) is 0 Å². The van der Waals surface area contributed by atoms with Crippen LogP contribution in [0.5, 0.6) is 5.75 Å². The second-order valence-corrected chi connectivity index (χ2v) is 7.60. The van der Waals surface area contributed by atoms with Crippen LogP contribution in [0, 0.1) is 29.8 Å². The summed E-state index contributed by atoms with van der Waals surface area (Å²) in [4.78, 5) is 23.0. The van der Waals surface area contributed by atoms with Gasteiger partial charge >= 0.3 is 5.69 Å². The summed E-state index contributed by atoms with van der Waals surface area (Å²) in [5, 5.41) is 19.4. The summed E-state index contributed by atoms with van der Waals surface area (Å²) >= 11 is 5.99. The molecule has 0 saturated carbocycles. The molecule has 0 aliphatic carbocycles. The average molecular weight is 474 g/mol. The highest BCUT2D eigenvalue weighted by molar-refractivity contribution is 6.31. The van der Waals surface area contributed by atoms with Gasteiger partial charge in [0.1, 0.15) is 35.6 Å². The molecule has 172 valence electrons. The maximum absolute atomic E-state index is 13.8. The Hall–Kier alpha value is -3.79. The summed E-state index contributed by atoms with van der Waals surface area (Å²) in [5.41, 5.74) is 3.77. The molecule has 0 aliphatic rings. The lowest BCUT2D eigenvalue weighted by Gasteiger charge is -2.11. The molecule has 1 amide bonds. The SMILES string of the molecule is Cc1nn(C(C)C(=O)N/N=C/c2ccc(OCc3c(F)cccc3Cl)cc2)c(C)c1[N+](=O)[O-]. The van der Waals surface area contributed by atoms with Crippen molar-refractivity contribution < 1.29 is 18.8 Å². The number of aryl methyl sites for hydroxylation is 1. The highest BCUT2D eigenvalue weighted by Crippen LogP contribution is 2.25. The van der Waals surface area contributed by atoms with E-state index in [1.807, 2.05) is 0 Å². The summed E-state index contributed by atoms with van der Waals surface area (Å²) in [7, 11) is 0. The third-order valence-corrected chi connectivity index (χ3v) is 5.28. The molecule has 3 rings (SSSR count). The molecule has 2 aromatic carbocycles. The zero-order valence-corrected chi connectivity index (χ0v) is 18.8. The summed E-state index contributed by atoms with van der Waals surface area (Å²) in [5.74, 6) is -0.407. The third kappa shape index (κ3) is 5.53. The van der Waals surface area contributed by atoms with E-state index in [1.54, 1.807) is 37.3 Å². The molecule has 0 spiro atoms. The number of amides is 1. The van der Waals surface area contributed by atoms with E-state index < -0.39 is 22.7 Å². The average Bonchev–Trinajstić information content (AvgIpc) is 3.07. The van der Waals surface area contributed by atoms with Crippen LogP contribution in [0.4, 0.5) is 10.1 Å². The van der Waals surface area contributed by atoms with Crippen LogP contribution in [0.15, 0.2) is 47.6 Å². The molecule has 1 unspecified atom stereocenters. The number of ether oxygens (including phenoxy) is 1. The fourth-order valence-corrected chi connectivity index (χ4v) is 3.36. The van der Waals surface area contributed by atoms with Gasteiger partial charge in [0.15, 0.2) is 0 Å². The molecular formula is C22H21ClFN5O4. The minimum Gasteiger partial charge on any atom is -0.489 e. The largest absolute Gasteiger partial charge is 0.489 e. The van der Waals surface area contributed by atoms with Gasteiger partial charge < -0.3 is 4.74 Å². The van der Waals surface area contributed by atoms with Crippen LogP contribution in [0.3, 0.4) is 0 Å². The van der Waals surface area contributed by atoms with Gasteiger partial charge in [0.2, 0.25) is 0 Å². The second-order valence-electron chi connectivity index (χ2n) is 7.19. The first kappa shape index (κ1) is 23.9. The van der Waals surface area contributed by atoms with E-state index in [4.69, 9.17) is 16.3 Å². The van der Waals surface area contributed by atoms with Crippen molar-refractivity contribution in [1.82, 2.24) is 15.2 Å². The number of hydrogen-bond donors (Lipinski definition) is 1. The fourth-order valence-electron chi connectivity index (χ4n) is 3.15. The van der Waals surface area contributed by atoms with Crippen molar-refractivity contribution in [3.8, 4) is 5.75 Å². The molecule has 33 heavy (non-hydrogen) atoms. The molecule has 0 bridgehead atoms. The topological polar surface area (TPSA) is 112 Å². The fraction of sp³-hybridized carbons (Fsp3) is 0.227. The van der Waals surface area contributed by atoms with Crippen LogP contribution in [0.2, 0.25) is 5.02 Å². The monoisotopic (exact) mass is 473 g/mol. The van der Waals surface area contributed by atoms with Crippen LogP contribution in [0.1, 0.15) is 35.5 Å². The van der Waals surface area contributed by atoms with Gasteiger partial charge in [-0.2, -0.15) is 10.2 Å². The van der Waals surface area contributed by atoms with E-state index in [1.165, 1.54) is 36.9 Å². The number of benzene rings is 2. The molecule has 0 saturated heterocycles. The maximum atomic E-state index is 13.8. The van der Waals surface area contributed by atoms with Gasteiger partial charge in [0.05, 0.1) is 16.2 Å². The van der Waals surface area contributed by atoms with Crippen molar-refractivity contribution in [3.05, 3.63) is 85.9 Å². The van der Waals surface area contributed by atoms with Gasteiger partial charge in [-0.15, -0.1) is 0 Å². The first-order chi connectivity index (χ1) is 15.7. The molecule has 0 aliphatic heterocycles. The van der Waals surface area contributed by atoms with E-state index in [0.717, 1.165) is 0 Å². The number of nitrogens with one attached hydrogen (secondary N) is 1. The number of carbonyl (C=O) groups excluding carboxylic acids is 1. The molecule has 1 atom stereocenters. The standard InChI is InChI=1S/C22H21ClFN5O4/c1-13-21(29(31)32)14(2)28(27-13)15(3)22(30)26-25-11-16-7-9-17(10-8-16)33-12-18-19(23)5-4-6-20(18)24/h4-11,15H,12H2,1-3H3,(H,26,30)/b25-11+. The molecule has 1 heterocycles. The molecule has 0 radical (unpaired) electrons. The van der Waals surface area contributed by atoms with Crippen LogP contribution < -0.4 is 10.2 Å². The second kappa shape index (κ2) is 10.2. The number of hydrogen-bond acceptors (Lipinski definition) is 6. The minimum absolute atomic E-state index is 0.0165.